The van der Waals surface area contributed by atoms with E-state index in [1.165, 1.54) is 19.3 Å². The minimum atomic E-state index is -0.0864. The molecular weight excluding hydrogens is 166 g/mol. The molecule has 0 spiro atoms. The molecule has 0 aromatic heterocycles. The van der Waals surface area contributed by atoms with Crippen molar-refractivity contribution in [3.05, 3.63) is 10.1 Å². The molecule has 4 unspecified atom stereocenters. The van der Waals surface area contributed by atoms with E-state index in [4.69, 9.17) is 0 Å². The van der Waals surface area contributed by atoms with Crippen molar-refractivity contribution in [2.24, 2.45) is 23.2 Å². The number of hydrogen-bond donors (Lipinski definition) is 0. The van der Waals surface area contributed by atoms with Crippen LogP contribution in [0.1, 0.15) is 32.1 Å². The molecule has 3 aliphatic rings. The Labute approximate surface area is 77.7 Å². The Morgan fingerprint density at radius 1 is 1.38 bits per heavy atom. The first-order valence-electron chi connectivity index (χ1n) is 5.31. The average molecular weight is 181 g/mol. The molecule has 0 aliphatic heterocycles. The van der Waals surface area contributed by atoms with Crippen molar-refractivity contribution in [1.29, 1.82) is 0 Å². The Hall–Kier alpha value is -0.600. The fraction of sp³-hybridized carbons (Fsp3) is 1.00. The van der Waals surface area contributed by atoms with Gasteiger partial charge >= 0.3 is 0 Å². The van der Waals surface area contributed by atoms with Gasteiger partial charge in [-0.2, -0.15) is 0 Å². The molecule has 2 bridgehead atoms. The van der Waals surface area contributed by atoms with Crippen molar-refractivity contribution in [2.45, 2.75) is 32.1 Å². The summed E-state index contributed by atoms with van der Waals surface area (Å²) in [5.74, 6) is 2.43. The lowest BCUT2D eigenvalue weighted by Crippen LogP contribution is -2.48. The third-order valence-corrected chi connectivity index (χ3v) is 4.70. The van der Waals surface area contributed by atoms with E-state index in [0.717, 1.165) is 30.6 Å². The van der Waals surface area contributed by atoms with Crippen LogP contribution >= 0.6 is 0 Å². The highest BCUT2D eigenvalue weighted by Crippen LogP contribution is 2.67. The zero-order valence-corrected chi connectivity index (χ0v) is 7.74. The number of hydrogen-bond acceptors (Lipinski definition) is 2. The standard InChI is InChI=1S/C10H15NO2/c12-11(13)6-10-4-7-1-2-8(5-10)9(10)3-7/h7-9H,1-6H2. The van der Waals surface area contributed by atoms with Crippen molar-refractivity contribution in [1.82, 2.24) is 0 Å². The van der Waals surface area contributed by atoms with E-state index >= 15 is 0 Å². The average Bonchev–Trinajstić information content (AvgIpc) is 2.22. The number of nitrogens with zero attached hydrogens (tertiary/aromatic N) is 1. The molecule has 0 saturated heterocycles. The highest BCUT2D eigenvalue weighted by atomic mass is 16.6. The van der Waals surface area contributed by atoms with Crippen LogP contribution in [-0.4, -0.2) is 11.5 Å². The van der Waals surface area contributed by atoms with Crippen LogP contribution in [0.4, 0.5) is 0 Å². The van der Waals surface area contributed by atoms with Gasteiger partial charge in [-0.15, -0.1) is 0 Å². The molecule has 3 aliphatic carbocycles. The van der Waals surface area contributed by atoms with Gasteiger partial charge in [-0.25, -0.2) is 0 Å². The number of rotatable bonds is 2. The van der Waals surface area contributed by atoms with Crippen LogP contribution in [0.2, 0.25) is 0 Å². The molecule has 3 fully saturated rings. The maximum atomic E-state index is 10.6. The maximum absolute atomic E-state index is 10.6. The van der Waals surface area contributed by atoms with Crippen molar-refractivity contribution in [3.8, 4) is 0 Å². The van der Waals surface area contributed by atoms with Crippen LogP contribution in [0.5, 0.6) is 0 Å². The van der Waals surface area contributed by atoms with Gasteiger partial charge in [0.1, 0.15) is 0 Å². The largest absolute Gasteiger partial charge is 0.265 e. The Kier molecular flexibility index (Phi) is 1.35. The van der Waals surface area contributed by atoms with Gasteiger partial charge < -0.3 is 0 Å². The highest BCUT2D eigenvalue weighted by molar-refractivity contribution is 5.09. The topological polar surface area (TPSA) is 43.1 Å². The number of fused-ring (bicyclic) bond motifs is 1. The summed E-state index contributed by atoms with van der Waals surface area (Å²) >= 11 is 0. The van der Waals surface area contributed by atoms with E-state index in [0.29, 0.717) is 0 Å². The van der Waals surface area contributed by atoms with E-state index in [9.17, 15) is 10.1 Å². The Balaban J connectivity index is 1.83. The Morgan fingerprint density at radius 3 is 3.00 bits per heavy atom. The van der Waals surface area contributed by atoms with Crippen molar-refractivity contribution >= 4 is 0 Å². The first kappa shape index (κ1) is 7.77. The molecule has 3 nitrogen and oxygen atoms in total. The predicted octanol–water partition coefficient (Wildman–Crippen LogP) is 2.09. The molecule has 0 aromatic rings. The molecule has 13 heavy (non-hydrogen) atoms. The molecule has 0 amide bonds. The second-order valence-corrected chi connectivity index (χ2v) is 5.31. The summed E-state index contributed by atoms with van der Waals surface area (Å²) in [6, 6.07) is 0. The number of nitro groups is 1. The van der Waals surface area contributed by atoms with E-state index < -0.39 is 0 Å². The summed E-state index contributed by atoms with van der Waals surface area (Å²) in [5.41, 5.74) is 0.162. The summed E-state index contributed by atoms with van der Waals surface area (Å²) in [7, 11) is 0. The molecule has 3 saturated carbocycles. The van der Waals surface area contributed by atoms with Crippen LogP contribution in [0.25, 0.3) is 0 Å². The molecule has 0 aromatic carbocycles. The molecule has 3 heteroatoms. The normalized spacial score (nSPS) is 51.5. The van der Waals surface area contributed by atoms with Gasteiger partial charge in [-0.3, -0.25) is 10.1 Å². The van der Waals surface area contributed by atoms with Crippen LogP contribution in [0.15, 0.2) is 0 Å². The van der Waals surface area contributed by atoms with Crippen molar-refractivity contribution < 1.29 is 4.92 Å². The molecule has 0 radical (unpaired) electrons. The van der Waals surface area contributed by atoms with Crippen LogP contribution < -0.4 is 0 Å². The smallest absolute Gasteiger partial charge is 0.209 e. The van der Waals surface area contributed by atoms with E-state index in [1.54, 1.807) is 0 Å². The molecular formula is C10H15NO2. The highest BCUT2D eigenvalue weighted by Gasteiger charge is 2.63. The minimum Gasteiger partial charge on any atom is -0.265 e. The van der Waals surface area contributed by atoms with Gasteiger partial charge in [0.05, 0.1) is 0 Å². The summed E-state index contributed by atoms with van der Waals surface area (Å²) in [5, 5.41) is 10.6. The van der Waals surface area contributed by atoms with Crippen molar-refractivity contribution in [3.63, 3.8) is 0 Å². The van der Waals surface area contributed by atoms with Gasteiger partial charge in [0.15, 0.2) is 0 Å². The first-order chi connectivity index (χ1) is 6.20. The minimum absolute atomic E-state index is 0.0864. The quantitative estimate of drug-likeness (QED) is 0.483. The van der Waals surface area contributed by atoms with Crippen LogP contribution in [0, 0.1) is 33.3 Å². The molecule has 0 heterocycles. The molecule has 3 rings (SSSR count). The van der Waals surface area contributed by atoms with Crippen LogP contribution in [0.3, 0.4) is 0 Å². The summed E-state index contributed by atoms with van der Waals surface area (Å²) in [6.45, 7) is 0.255. The van der Waals surface area contributed by atoms with Gasteiger partial charge in [-0.1, -0.05) is 6.42 Å². The van der Waals surface area contributed by atoms with E-state index in [-0.39, 0.29) is 16.9 Å². The molecule has 4 atom stereocenters. The van der Waals surface area contributed by atoms with Gasteiger partial charge in [-0.05, 0) is 43.4 Å². The third kappa shape index (κ3) is 0.903. The fourth-order valence-corrected chi connectivity index (χ4v) is 4.33. The SMILES string of the molecule is O=[N+]([O-])CC12CC3CCC(C1)C2C3. The van der Waals surface area contributed by atoms with E-state index in [2.05, 4.69) is 0 Å². The van der Waals surface area contributed by atoms with Gasteiger partial charge in [0.2, 0.25) is 6.54 Å². The van der Waals surface area contributed by atoms with Crippen LogP contribution in [-0.2, 0) is 0 Å². The van der Waals surface area contributed by atoms with Crippen molar-refractivity contribution in [2.75, 3.05) is 6.54 Å². The third-order valence-electron chi connectivity index (χ3n) is 4.70. The molecule has 0 N–H and O–H groups in total. The second-order valence-electron chi connectivity index (χ2n) is 5.31. The Morgan fingerprint density at radius 2 is 2.23 bits per heavy atom. The van der Waals surface area contributed by atoms with E-state index in [1.807, 2.05) is 0 Å². The summed E-state index contributed by atoms with van der Waals surface area (Å²) in [4.78, 5) is 10.5. The lowest BCUT2D eigenvalue weighted by atomic mass is 9.54. The first-order valence-corrected chi connectivity index (χ1v) is 5.31. The lowest BCUT2D eigenvalue weighted by Gasteiger charge is -2.49. The summed E-state index contributed by atoms with van der Waals surface area (Å²) < 4.78 is 0. The lowest BCUT2D eigenvalue weighted by molar-refractivity contribution is -0.506. The molecule has 72 valence electrons. The zero-order chi connectivity index (χ0) is 9.05. The maximum Gasteiger partial charge on any atom is 0.209 e. The Bertz CT molecular complexity index is 264. The predicted molar refractivity (Wildman–Crippen MR) is 47.8 cm³/mol. The monoisotopic (exact) mass is 181 g/mol. The van der Waals surface area contributed by atoms with Gasteiger partial charge in [0, 0.05) is 10.3 Å². The summed E-state index contributed by atoms with van der Waals surface area (Å²) in [6.07, 6.45) is 6.33. The second kappa shape index (κ2) is 2.25. The van der Waals surface area contributed by atoms with Gasteiger partial charge in [0.25, 0.3) is 0 Å². The fourth-order valence-electron chi connectivity index (χ4n) is 4.33. The zero-order valence-electron chi connectivity index (χ0n) is 7.74.